The summed E-state index contributed by atoms with van der Waals surface area (Å²) in [5.74, 6) is 0.817. The van der Waals surface area contributed by atoms with Crippen LogP contribution in [0.1, 0.15) is 39.7 Å². The minimum atomic E-state index is -0.116. The van der Waals surface area contributed by atoms with Gasteiger partial charge in [-0.25, -0.2) is 4.98 Å². The van der Waals surface area contributed by atoms with E-state index in [9.17, 15) is 9.59 Å². The number of furan rings is 1. The number of aromatic nitrogens is 1. The third-order valence-corrected chi connectivity index (χ3v) is 6.06. The van der Waals surface area contributed by atoms with Crippen molar-refractivity contribution in [2.75, 3.05) is 19.6 Å². The molecular weight excluding hydrogens is 338 g/mol. The number of hydrogen-bond donors (Lipinski definition) is 0. The molecule has 0 N–H and O–H groups in total. The van der Waals surface area contributed by atoms with E-state index in [0.29, 0.717) is 43.9 Å². The Morgan fingerprint density at radius 2 is 2.24 bits per heavy atom. The van der Waals surface area contributed by atoms with E-state index < -0.39 is 0 Å². The van der Waals surface area contributed by atoms with Crippen LogP contribution >= 0.6 is 11.3 Å². The number of likely N-dealkylation sites (tertiary alicyclic amines) is 2. The molecule has 2 fully saturated rings. The largest absolute Gasteiger partial charge is 0.469 e. The van der Waals surface area contributed by atoms with E-state index in [1.54, 1.807) is 30.6 Å². The van der Waals surface area contributed by atoms with Crippen LogP contribution in [0.3, 0.4) is 0 Å². The Morgan fingerprint density at radius 3 is 2.92 bits per heavy atom. The number of carbonyl (C=O) groups excluding carboxylic acids is 2. The van der Waals surface area contributed by atoms with Gasteiger partial charge >= 0.3 is 0 Å². The number of aryl methyl sites for hydroxylation is 2. The molecule has 6 nitrogen and oxygen atoms in total. The van der Waals surface area contributed by atoms with Gasteiger partial charge in [-0.15, -0.1) is 11.3 Å². The van der Waals surface area contributed by atoms with Crippen molar-refractivity contribution < 1.29 is 14.0 Å². The number of carbonyl (C=O) groups is 2. The number of hydrogen-bond acceptors (Lipinski definition) is 5. The van der Waals surface area contributed by atoms with E-state index in [2.05, 4.69) is 4.98 Å². The first-order valence-electron chi connectivity index (χ1n) is 8.48. The minimum absolute atomic E-state index is 0.00384. The zero-order valence-corrected chi connectivity index (χ0v) is 15.3. The van der Waals surface area contributed by atoms with Gasteiger partial charge in [-0.05, 0) is 26.3 Å². The first-order chi connectivity index (χ1) is 12.0. The third-order valence-electron chi connectivity index (χ3n) is 5.24. The molecule has 0 bridgehead atoms. The maximum Gasteiger partial charge on any atom is 0.257 e. The average molecular weight is 359 g/mol. The molecule has 25 heavy (non-hydrogen) atoms. The van der Waals surface area contributed by atoms with Gasteiger partial charge in [0, 0.05) is 36.9 Å². The monoisotopic (exact) mass is 359 g/mol. The van der Waals surface area contributed by atoms with Crippen molar-refractivity contribution in [2.24, 2.45) is 5.41 Å². The van der Waals surface area contributed by atoms with Crippen molar-refractivity contribution in [1.29, 1.82) is 0 Å². The van der Waals surface area contributed by atoms with Gasteiger partial charge in [0.25, 0.3) is 5.91 Å². The highest BCUT2D eigenvalue weighted by Crippen LogP contribution is 2.41. The number of amides is 2. The van der Waals surface area contributed by atoms with Crippen molar-refractivity contribution in [3.05, 3.63) is 39.7 Å². The molecule has 0 aliphatic carbocycles. The first kappa shape index (κ1) is 16.3. The smallest absolute Gasteiger partial charge is 0.257 e. The molecule has 0 aromatic carbocycles. The summed E-state index contributed by atoms with van der Waals surface area (Å²) in [6.45, 7) is 6.38. The number of rotatable bonds is 3. The molecule has 0 unspecified atom stereocenters. The molecule has 1 atom stereocenters. The summed E-state index contributed by atoms with van der Waals surface area (Å²) in [5.41, 5.74) is 1.46. The Bertz CT molecular complexity index is 827. The quantitative estimate of drug-likeness (QED) is 0.845. The highest BCUT2D eigenvalue weighted by Gasteiger charge is 2.48. The molecule has 2 aromatic rings. The van der Waals surface area contributed by atoms with Gasteiger partial charge in [0.2, 0.25) is 5.91 Å². The van der Waals surface area contributed by atoms with Crippen LogP contribution in [-0.2, 0) is 11.3 Å². The van der Waals surface area contributed by atoms with Gasteiger partial charge in [-0.2, -0.15) is 0 Å². The lowest BCUT2D eigenvalue weighted by Crippen LogP contribution is -2.34. The second-order valence-electron chi connectivity index (χ2n) is 7.15. The maximum atomic E-state index is 12.7. The highest BCUT2D eigenvalue weighted by atomic mass is 32.1. The standard InChI is InChI=1S/C18H21N3O3S/c1-12-15(3-6-24-12)17(23)20-5-4-18(10-20)7-16(22)21(11-18)8-14-9-25-13(2)19-14/h3,6,9H,4-5,7-8,10-11H2,1-2H3/t18-/m0/s1. The normalized spacial score (nSPS) is 23.2. The molecule has 2 aromatic heterocycles. The summed E-state index contributed by atoms with van der Waals surface area (Å²) in [6.07, 6.45) is 2.93. The molecular formula is C18H21N3O3S. The summed E-state index contributed by atoms with van der Waals surface area (Å²) < 4.78 is 5.25. The van der Waals surface area contributed by atoms with Gasteiger partial charge in [-0.1, -0.05) is 0 Å². The van der Waals surface area contributed by atoms with Gasteiger partial charge in [0.1, 0.15) is 5.76 Å². The summed E-state index contributed by atoms with van der Waals surface area (Å²) >= 11 is 1.61. The predicted octanol–water partition coefficient (Wildman–Crippen LogP) is 2.62. The average Bonchev–Trinajstić information content (AvgIpc) is 3.31. The van der Waals surface area contributed by atoms with E-state index in [1.165, 1.54) is 0 Å². The van der Waals surface area contributed by atoms with Crippen molar-refractivity contribution in [1.82, 2.24) is 14.8 Å². The van der Waals surface area contributed by atoms with Crippen molar-refractivity contribution in [2.45, 2.75) is 33.2 Å². The Kier molecular flexibility index (Phi) is 3.91. The van der Waals surface area contributed by atoms with Crippen LogP contribution in [0.25, 0.3) is 0 Å². The minimum Gasteiger partial charge on any atom is -0.469 e. The molecule has 132 valence electrons. The molecule has 7 heteroatoms. The van der Waals surface area contributed by atoms with Crippen LogP contribution in [0.15, 0.2) is 22.1 Å². The van der Waals surface area contributed by atoms with E-state index in [1.807, 2.05) is 22.1 Å². The SMILES string of the molecule is Cc1nc(CN2C[C@@]3(CCN(C(=O)c4ccoc4C)C3)CC2=O)cs1. The van der Waals surface area contributed by atoms with Gasteiger partial charge in [0.05, 0.1) is 29.1 Å². The van der Waals surface area contributed by atoms with Crippen molar-refractivity contribution in [3.63, 3.8) is 0 Å². The molecule has 2 saturated heterocycles. The zero-order chi connectivity index (χ0) is 17.6. The summed E-state index contributed by atoms with van der Waals surface area (Å²) in [7, 11) is 0. The summed E-state index contributed by atoms with van der Waals surface area (Å²) in [5, 5.41) is 3.03. The third kappa shape index (κ3) is 2.97. The lowest BCUT2D eigenvalue weighted by Gasteiger charge is -2.24. The fourth-order valence-electron chi connectivity index (χ4n) is 3.96. The van der Waals surface area contributed by atoms with Crippen LogP contribution in [-0.4, -0.2) is 46.2 Å². The summed E-state index contributed by atoms with van der Waals surface area (Å²) in [4.78, 5) is 33.4. The molecule has 0 saturated carbocycles. The first-order valence-corrected chi connectivity index (χ1v) is 9.36. The Balaban J connectivity index is 1.44. The van der Waals surface area contributed by atoms with E-state index in [4.69, 9.17) is 4.42 Å². The second-order valence-corrected chi connectivity index (χ2v) is 8.21. The van der Waals surface area contributed by atoms with Gasteiger partial charge in [-0.3, -0.25) is 9.59 Å². The Hall–Kier alpha value is -2.15. The zero-order valence-electron chi connectivity index (χ0n) is 14.4. The van der Waals surface area contributed by atoms with E-state index in [0.717, 1.165) is 17.1 Å². The van der Waals surface area contributed by atoms with Gasteiger partial charge in [0.15, 0.2) is 0 Å². The Labute approximate surface area is 150 Å². The molecule has 1 spiro atoms. The lowest BCUT2D eigenvalue weighted by molar-refractivity contribution is -0.128. The van der Waals surface area contributed by atoms with Crippen LogP contribution < -0.4 is 0 Å². The lowest BCUT2D eigenvalue weighted by atomic mass is 9.86. The van der Waals surface area contributed by atoms with Crippen molar-refractivity contribution >= 4 is 23.2 Å². The molecule has 2 aliphatic heterocycles. The number of thiazole rings is 1. The van der Waals surface area contributed by atoms with Crippen LogP contribution in [0.5, 0.6) is 0 Å². The topological polar surface area (TPSA) is 66.7 Å². The molecule has 0 radical (unpaired) electrons. The number of nitrogens with zero attached hydrogens (tertiary/aromatic N) is 3. The summed E-state index contributed by atoms with van der Waals surface area (Å²) in [6, 6.07) is 1.72. The molecule has 2 aliphatic rings. The van der Waals surface area contributed by atoms with E-state index >= 15 is 0 Å². The van der Waals surface area contributed by atoms with Crippen LogP contribution in [0.2, 0.25) is 0 Å². The van der Waals surface area contributed by atoms with E-state index in [-0.39, 0.29) is 17.2 Å². The fraction of sp³-hybridized carbons (Fsp3) is 0.500. The molecule has 2 amide bonds. The maximum absolute atomic E-state index is 12.7. The predicted molar refractivity (Wildman–Crippen MR) is 93.3 cm³/mol. The Morgan fingerprint density at radius 1 is 1.40 bits per heavy atom. The second kappa shape index (κ2) is 5.98. The van der Waals surface area contributed by atoms with Crippen LogP contribution in [0, 0.1) is 19.3 Å². The van der Waals surface area contributed by atoms with Gasteiger partial charge < -0.3 is 14.2 Å². The highest BCUT2D eigenvalue weighted by molar-refractivity contribution is 7.09. The molecule has 4 rings (SSSR count). The van der Waals surface area contributed by atoms with Crippen LogP contribution in [0.4, 0.5) is 0 Å². The molecule has 4 heterocycles. The fourth-order valence-corrected chi connectivity index (χ4v) is 4.56. The van der Waals surface area contributed by atoms with Crippen molar-refractivity contribution in [3.8, 4) is 0 Å².